The van der Waals surface area contributed by atoms with Crippen LogP contribution in [-0.4, -0.2) is 6.54 Å². The van der Waals surface area contributed by atoms with Gasteiger partial charge in [-0.25, -0.2) is 8.78 Å². The highest BCUT2D eigenvalue weighted by atomic mass is 19.3. The molecular formula is C13H18F2N2. The SMILES string of the molecule is CCC1(CNc2ccc(N)cc2C(F)F)CC1. The van der Waals surface area contributed by atoms with Crippen LogP contribution in [0.25, 0.3) is 0 Å². The van der Waals surface area contributed by atoms with Crippen molar-refractivity contribution in [3.63, 3.8) is 0 Å². The predicted molar refractivity (Wildman–Crippen MR) is 66.3 cm³/mol. The Balaban J connectivity index is 2.09. The highest BCUT2D eigenvalue weighted by Crippen LogP contribution is 2.48. The third-order valence-electron chi connectivity index (χ3n) is 3.67. The Bertz CT molecular complexity index is 400. The molecule has 2 nitrogen and oxygen atoms in total. The summed E-state index contributed by atoms with van der Waals surface area (Å²) in [6.45, 7) is 2.92. The van der Waals surface area contributed by atoms with Gasteiger partial charge < -0.3 is 11.1 Å². The molecule has 1 saturated carbocycles. The molecule has 0 atom stereocenters. The lowest BCUT2D eigenvalue weighted by Crippen LogP contribution is -2.15. The van der Waals surface area contributed by atoms with Crippen molar-refractivity contribution in [2.75, 3.05) is 17.6 Å². The van der Waals surface area contributed by atoms with Crippen molar-refractivity contribution in [1.82, 2.24) is 0 Å². The van der Waals surface area contributed by atoms with Gasteiger partial charge >= 0.3 is 0 Å². The molecule has 17 heavy (non-hydrogen) atoms. The zero-order chi connectivity index (χ0) is 12.5. The van der Waals surface area contributed by atoms with Gasteiger partial charge in [-0.3, -0.25) is 0 Å². The van der Waals surface area contributed by atoms with Gasteiger partial charge in [-0.05, 0) is 42.9 Å². The molecule has 94 valence electrons. The van der Waals surface area contributed by atoms with Gasteiger partial charge in [0, 0.05) is 23.5 Å². The van der Waals surface area contributed by atoms with E-state index in [2.05, 4.69) is 12.2 Å². The van der Waals surface area contributed by atoms with Crippen molar-refractivity contribution >= 4 is 11.4 Å². The predicted octanol–water partition coefficient (Wildman–Crippen LogP) is 3.81. The molecule has 1 aliphatic carbocycles. The van der Waals surface area contributed by atoms with Crippen molar-refractivity contribution in [2.24, 2.45) is 5.41 Å². The topological polar surface area (TPSA) is 38.0 Å². The molecule has 4 heteroatoms. The monoisotopic (exact) mass is 240 g/mol. The van der Waals surface area contributed by atoms with Gasteiger partial charge in [0.2, 0.25) is 0 Å². The Labute approximate surface area is 100 Å². The third kappa shape index (κ3) is 2.68. The smallest absolute Gasteiger partial charge is 0.265 e. The fourth-order valence-electron chi connectivity index (χ4n) is 2.04. The van der Waals surface area contributed by atoms with Crippen LogP contribution in [0, 0.1) is 5.41 Å². The van der Waals surface area contributed by atoms with Gasteiger partial charge in [-0.1, -0.05) is 6.92 Å². The molecule has 0 saturated heterocycles. The first-order chi connectivity index (χ1) is 8.06. The number of alkyl halides is 2. The van der Waals surface area contributed by atoms with Gasteiger partial charge in [-0.2, -0.15) is 0 Å². The van der Waals surface area contributed by atoms with E-state index >= 15 is 0 Å². The van der Waals surface area contributed by atoms with Crippen LogP contribution < -0.4 is 11.1 Å². The van der Waals surface area contributed by atoms with Crippen LogP contribution in [0.1, 0.15) is 38.2 Å². The lowest BCUT2D eigenvalue weighted by Gasteiger charge is -2.17. The Morgan fingerprint density at radius 3 is 2.65 bits per heavy atom. The van der Waals surface area contributed by atoms with Crippen molar-refractivity contribution in [3.8, 4) is 0 Å². The van der Waals surface area contributed by atoms with Crippen molar-refractivity contribution in [2.45, 2.75) is 32.6 Å². The van der Waals surface area contributed by atoms with E-state index in [0.717, 1.165) is 13.0 Å². The largest absolute Gasteiger partial charge is 0.399 e. The molecule has 0 unspecified atom stereocenters. The fraction of sp³-hybridized carbons (Fsp3) is 0.538. The van der Waals surface area contributed by atoms with Crippen molar-refractivity contribution < 1.29 is 8.78 Å². The Hall–Kier alpha value is -1.32. The molecule has 1 aliphatic rings. The average molecular weight is 240 g/mol. The molecule has 0 heterocycles. The lowest BCUT2D eigenvalue weighted by atomic mass is 10.0. The second-order valence-corrected chi connectivity index (χ2v) is 4.85. The number of nitrogen functional groups attached to an aromatic ring is 1. The van der Waals surface area contributed by atoms with Crippen LogP contribution in [0.5, 0.6) is 0 Å². The number of nitrogens with two attached hydrogens (primary N) is 1. The molecule has 1 aromatic rings. The zero-order valence-electron chi connectivity index (χ0n) is 9.97. The second-order valence-electron chi connectivity index (χ2n) is 4.85. The van der Waals surface area contributed by atoms with Gasteiger partial charge in [-0.15, -0.1) is 0 Å². The molecule has 0 aliphatic heterocycles. The zero-order valence-corrected chi connectivity index (χ0v) is 9.97. The van der Waals surface area contributed by atoms with Gasteiger partial charge in [0.15, 0.2) is 0 Å². The van der Waals surface area contributed by atoms with E-state index < -0.39 is 6.43 Å². The first kappa shape index (κ1) is 12.1. The quantitative estimate of drug-likeness (QED) is 0.768. The van der Waals surface area contributed by atoms with Crippen LogP contribution >= 0.6 is 0 Å². The molecule has 3 N–H and O–H groups in total. The summed E-state index contributed by atoms with van der Waals surface area (Å²) in [7, 11) is 0. The first-order valence-electron chi connectivity index (χ1n) is 5.98. The number of anilines is 2. The molecule has 0 aromatic heterocycles. The molecule has 0 radical (unpaired) electrons. The summed E-state index contributed by atoms with van der Waals surface area (Å²) in [5.74, 6) is 0. The van der Waals surface area contributed by atoms with E-state index in [9.17, 15) is 8.78 Å². The Kier molecular flexibility index (Phi) is 3.22. The summed E-state index contributed by atoms with van der Waals surface area (Å²) < 4.78 is 25.7. The van der Waals surface area contributed by atoms with Crippen LogP contribution in [0.4, 0.5) is 20.2 Å². The minimum absolute atomic E-state index is 0.00287. The van der Waals surface area contributed by atoms with Crippen LogP contribution in [0.15, 0.2) is 18.2 Å². The van der Waals surface area contributed by atoms with E-state index in [1.165, 1.54) is 18.9 Å². The molecular weight excluding hydrogens is 222 g/mol. The van der Waals surface area contributed by atoms with Crippen molar-refractivity contribution in [1.29, 1.82) is 0 Å². The molecule has 2 rings (SSSR count). The van der Waals surface area contributed by atoms with Crippen LogP contribution in [-0.2, 0) is 0 Å². The van der Waals surface area contributed by atoms with Gasteiger partial charge in [0.25, 0.3) is 6.43 Å². The normalized spacial score (nSPS) is 17.2. The van der Waals surface area contributed by atoms with Crippen LogP contribution in [0.2, 0.25) is 0 Å². The maximum absolute atomic E-state index is 12.8. The summed E-state index contributed by atoms with van der Waals surface area (Å²) in [4.78, 5) is 0. The second kappa shape index (κ2) is 4.51. The number of benzene rings is 1. The summed E-state index contributed by atoms with van der Waals surface area (Å²) in [6.07, 6.45) is 0.988. The summed E-state index contributed by atoms with van der Waals surface area (Å²) >= 11 is 0. The molecule has 1 fully saturated rings. The molecule has 1 aromatic carbocycles. The Morgan fingerprint density at radius 1 is 1.41 bits per heavy atom. The highest BCUT2D eigenvalue weighted by molar-refractivity contribution is 5.58. The minimum Gasteiger partial charge on any atom is -0.399 e. The van der Waals surface area contributed by atoms with Gasteiger partial charge in [0.05, 0.1) is 0 Å². The maximum atomic E-state index is 12.8. The average Bonchev–Trinajstić information content (AvgIpc) is 3.08. The number of nitrogens with one attached hydrogen (secondary N) is 1. The highest BCUT2D eigenvalue weighted by Gasteiger charge is 2.40. The first-order valence-corrected chi connectivity index (χ1v) is 5.98. The van der Waals surface area contributed by atoms with E-state index in [1.54, 1.807) is 12.1 Å². The van der Waals surface area contributed by atoms with E-state index in [1.807, 2.05) is 0 Å². The number of halogens is 2. The minimum atomic E-state index is -2.49. The van der Waals surface area contributed by atoms with Crippen LogP contribution in [0.3, 0.4) is 0 Å². The number of hydrogen-bond donors (Lipinski definition) is 2. The molecule has 0 amide bonds. The standard InChI is InChI=1S/C13H18F2N2/c1-2-13(5-6-13)8-17-11-4-3-9(16)7-10(11)12(14)15/h3-4,7,12,17H,2,5-6,8,16H2,1H3. The molecule has 0 bridgehead atoms. The van der Waals surface area contributed by atoms with Crippen molar-refractivity contribution in [3.05, 3.63) is 23.8 Å². The lowest BCUT2D eigenvalue weighted by molar-refractivity contribution is 0.152. The van der Waals surface area contributed by atoms with E-state index in [4.69, 9.17) is 5.73 Å². The number of rotatable bonds is 5. The third-order valence-corrected chi connectivity index (χ3v) is 3.67. The Morgan fingerprint density at radius 2 is 2.12 bits per heavy atom. The van der Waals surface area contributed by atoms with Gasteiger partial charge in [0.1, 0.15) is 0 Å². The molecule has 0 spiro atoms. The number of hydrogen-bond acceptors (Lipinski definition) is 2. The van der Waals surface area contributed by atoms with E-state index in [-0.39, 0.29) is 5.56 Å². The summed E-state index contributed by atoms with van der Waals surface area (Å²) in [5.41, 5.74) is 6.74. The summed E-state index contributed by atoms with van der Waals surface area (Å²) in [5, 5.41) is 3.14. The summed E-state index contributed by atoms with van der Waals surface area (Å²) in [6, 6.07) is 4.64. The fourth-order valence-corrected chi connectivity index (χ4v) is 2.04. The van der Waals surface area contributed by atoms with E-state index in [0.29, 0.717) is 16.8 Å². The maximum Gasteiger partial charge on any atom is 0.265 e.